The van der Waals surface area contributed by atoms with Crippen LogP contribution in [-0.2, 0) is 0 Å². The lowest BCUT2D eigenvalue weighted by Gasteiger charge is -2.11. The highest BCUT2D eigenvalue weighted by molar-refractivity contribution is 5.97. The summed E-state index contributed by atoms with van der Waals surface area (Å²) in [4.78, 5) is 11.8. The number of amides is 1. The Morgan fingerprint density at radius 2 is 2.29 bits per heavy atom. The van der Waals surface area contributed by atoms with E-state index in [9.17, 15) is 15.0 Å². The maximum absolute atomic E-state index is 11.8. The summed E-state index contributed by atoms with van der Waals surface area (Å²) in [6.45, 7) is 2.48. The molecule has 5 nitrogen and oxygen atoms in total. The second-order valence-corrected chi connectivity index (χ2v) is 4.24. The fourth-order valence-corrected chi connectivity index (χ4v) is 1.94. The van der Waals surface area contributed by atoms with Gasteiger partial charge >= 0.3 is 0 Å². The minimum absolute atomic E-state index is 0.107. The molecule has 2 rings (SSSR count). The zero-order chi connectivity index (χ0) is 12.3. The fraction of sp³-hybridized carbons (Fsp3) is 0.417. The molecule has 1 aliphatic rings. The van der Waals surface area contributed by atoms with Gasteiger partial charge in [0.1, 0.15) is 0 Å². The van der Waals surface area contributed by atoms with Crippen LogP contribution in [-0.4, -0.2) is 35.8 Å². The lowest BCUT2D eigenvalue weighted by molar-refractivity contribution is 0.0945. The number of hydrogen-bond donors (Lipinski definition) is 4. The van der Waals surface area contributed by atoms with E-state index in [1.165, 1.54) is 18.2 Å². The first-order valence-electron chi connectivity index (χ1n) is 5.68. The van der Waals surface area contributed by atoms with Crippen molar-refractivity contribution in [2.45, 2.75) is 6.42 Å². The van der Waals surface area contributed by atoms with E-state index in [-0.39, 0.29) is 23.0 Å². The molecule has 0 aromatic heterocycles. The van der Waals surface area contributed by atoms with Crippen molar-refractivity contribution in [3.05, 3.63) is 23.8 Å². The highest BCUT2D eigenvalue weighted by Crippen LogP contribution is 2.27. The molecule has 92 valence electrons. The molecule has 1 aromatic carbocycles. The van der Waals surface area contributed by atoms with Crippen LogP contribution in [0.4, 0.5) is 0 Å². The number of rotatable bonds is 3. The molecule has 4 N–H and O–H groups in total. The normalized spacial score (nSPS) is 19.2. The topological polar surface area (TPSA) is 81.6 Å². The van der Waals surface area contributed by atoms with Crippen LogP contribution in [0.5, 0.6) is 11.5 Å². The summed E-state index contributed by atoms with van der Waals surface area (Å²) in [6.07, 6.45) is 1.05. The Kier molecular flexibility index (Phi) is 3.49. The Morgan fingerprint density at radius 1 is 1.47 bits per heavy atom. The summed E-state index contributed by atoms with van der Waals surface area (Å²) in [7, 11) is 0. The number of phenolic OH excluding ortho intramolecular Hbond substituents is 2. The van der Waals surface area contributed by atoms with Gasteiger partial charge in [-0.25, -0.2) is 0 Å². The quantitative estimate of drug-likeness (QED) is 0.574. The van der Waals surface area contributed by atoms with Crippen LogP contribution in [0.1, 0.15) is 16.8 Å². The number of nitrogens with one attached hydrogen (secondary N) is 2. The standard InChI is InChI=1S/C12H16N2O3/c15-10-3-1-2-9(11(10)16)12(17)14-7-8-4-5-13-6-8/h1-3,8,13,15-16H,4-7H2,(H,14,17). The first-order valence-corrected chi connectivity index (χ1v) is 5.68. The second kappa shape index (κ2) is 5.05. The van der Waals surface area contributed by atoms with Gasteiger partial charge in [-0.05, 0) is 37.6 Å². The summed E-state index contributed by atoms with van der Waals surface area (Å²) < 4.78 is 0. The van der Waals surface area contributed by atoms with Crippen molar-refractivity contribution in [2.75, 3.05) is 19.6 Å². The molecular formula is C12H16N2O3. The molecule has 1 aliphatic heterocycles. The molecule has 1 heterocycles. The third-order valence-corrected chi connectivity index (χ3v) is 2.97. The number of carbonyl (C=O) groups excluding carboxylic acids is 1. The average molecular weight is 236 g/mol. The molecule has 1 saturated heterocycles. The van der Waals surface area contributed by atoms with Crippen LogP contribution in [0.2, 0.25) is 0 Å². The van der Waals surface area contributed by atoms with E-state index in [0.29, 0.717) is 12.5 Å². The van der Waals surface area contributed by atoms with E-state index in [4.69, 9.17) is 0 Å². The van der Waals surface area contributed by atoms with Gasteiger partial charge in [0, 0.05) is 6.54 Å². The molecule has 5 heteroatoms. The van der Waals surface area contributed by atoms with Crippen LogP contribution in [0.3, 0.4) is 0 Å². The van der Waals surface area contributed by atoms with Crippen molar-refractivity contribution >= 4 is 5.91 Å². The molecule has 0 bridgehead atoms. The Bertz CT molecular complexity index is 414. The zero-order valence-corrected chi connectivity index (χ0v) is 9.44. The number of para-hydroxylation sites is 1. The fourth-order valence-electron chi connectivity index (χ4n) is 1.94. The number of aromatic hydroxyl groups is 2. The maximum Gasteiger partial charge on any atom is 0.255 e. The summed E-state index contributed by atoms with van der Waals surface area (Å²) in [5, 5.41) is 24.8. The average Bonchev–Trinajstić information content (AvgIpc) is 2.82. The van der Waals surface area contributed by atoms with E-state index >= 15 is 0 Å². The number of carbonyl (C=O) groups is 1. The third kappa shape index (κ3) is 2.68. The van der Waals surface area contributed by atoms with Crippen molar-refractivity contribution in [1.82, 2.24) is 10.6 Å². The summed E-state index contributed by atoms with van der Waals surface area (Å²) in [6, 6.07) is 4.35. The molecule has 1 atom stereocenters. The lowest BCUT2D eigenvalue weighted by Crippen LogP contribution is -2.30. The molecule has 1 fully saturated rings. The van der Waals surface area contributed by atoms with Crippen LogP contribution >= 0.6 is 0 Å². The molecule has 0 aliphatic carbocycles. The van der Waals surface area contributed by atoms with Crippen LogP contribution < -0.4 is 10.6 Å². The predicted octanol–water partition coefficient (Wildman–Crippen LogP) is 0.437. The van der Waals surface area contributed by atoms with E-state index in [1.54, 1.807) is 0 Å². The Labute approximate surface area is 99.5 Å². The van der Waals surface area contributed by atoms with Gasteiger partial charge < -0.3 is 20.8 Å². The van der Waals surface area contributed by atoms with Gasteiger partial charge in [0.2, 0.25) is 0 Å². The van der Waals surface area contributed by atoms with Gasteiger partial charge in [0.25, 0.3) is 5.91 Å². The minimum atomic E-state index is -0.366. The smallest absolute Gasteiger partial charge is 0.255 e. The zero-order valence-electron chi connectivity index (χ0n) is 9.44. The second-order valence-electron chi connectivity index (χ2n) is 4.24. The van der Waals surface area contributed by atoms with Gasteiger partial charge in [-0.3, -0.25) is 4.79 Å². The van der Waals surface area contributed by atoms with E-state index in [1.807, 2.05) is 0 Å². The van der Waals surface area contributed by atoms with Gasteiger partial charge in [0.05, 0.1) is 5.56 Å². The van der Waals surface area contributed by atoms with Gasteiger partial charge in [-0.15, -0.1) is 0 Å². The molecule has 17 heavy (non-hydrogen) atoms. The lowest BCUT2D eigenvalue weighted by atomic mass is 10.1. The van der Waals surface area contributed by atoms with Crippen molar-refractivity contribution in [1.29, 1.82) is 0 Å². The van der Waals surface area contributed by atoms with Gasteiger partial charge in [-0.1, -0.05) is 6.07 Å². The Hall–Kier alpha value is -1.75. The van der Waals surface area contributed by atoms with E-state index < -0.39 is 0 Å². The monoisotopic (exact) mass is 236 g/mol. The summed E-state index contributed by atoms with van der Waals surface area (Å²) in [5.74, 6) is -0.557. The van der Waals surface area contributed by atoms with Crippen molar-refractivity contribution in [3.8, 4) is 11.5 Å². The predicted molar refractivity (Wildman–Crippen MR) is 63.1 cm³/mol. The summed E-state index contributed by atoms with van der Waals surface area (Å²) in [5.41, 5.74) is 0.107. The largest absolute Gasteiger partial charge is 0.504 e. The highest BCUT2D eigenvalue weighted by Gasteiger charge is 2.17. The highest BCUT2D eigenvalue weighted by atomic mass is 16.3. The number of phenols is 2. The summed E-state index contributed by atoms with van der Waals surface area (Å²) >= 11 is 0. The van der Waals surface area contributed by atoms with E-state index in [2.05, 4.69) is 10.6 Å². The van der Waals surface area contributed by atoms with Gasteiger partial charge in [0.15, 0.2) is 11.5 Å². The van der Waals surface area contributed by atoms with Crippen molar-refractivity contribution in [3.63, 3.8) is 0 Å². The van der Waals surface area contributed by atoms with Crippen molar-refractivity contribution in [2.24, 2.45) is 5.92 Å². The third-order valence-electron chi connectivity index (χ3n) is 2.97. The molecule has 0 spiro atoms. The first-order chi connectivity index (χ1) is 8.18. The molecular weight excluding hydrogens is 220 g/mol. The number of benzene rings is 1. The Balaban J connectivity index is 1.97. The maximum atomic E-state index is 11.8. The number of hydrogen-bond acceptors (Lipinski definition) is 4. The first kappa shape index (κ1) is 11.7. The van der Waals surface area contributed by atoms with Crippen LogP contribution in [0.15, 0.2) is 18.2 Å². The molecule has 0 saturated carbocycles. The molecule has 1 amide bonds. The van der Waals surface area contributed by atoms with Crippen molar-refractivity contribution < 1.29 is 15.0 Å². The van der Waals surface area contributed by atoms with Crippen LogP contribution in [0.25, 0.3) is 0 Å². The Morgan fingerprint density at radius 3 is 3.00 bits per heavy atom. The van der Waals surface area contributed by atoms with E-state index in [0.717, 1.165) is 19.5 Å². The molecule has 0 radical (unpaired) electrons. The SMILES string of the molecule is O=C(NCC1CCNC1)c1cccc(O)c1O. The van der Waals surface area contributed by atoms with Gasteiger partial charge in [-0.2, -0.15) is 0 Å². The minimum Gasteiger partial charge on any atom is -0.504 e. The van der Waals surface area contributed by atoms with Crippen LogP contribution in [0, 0.1) is 5.92 Å². The molecule has 1 aromatic rings. The molecule has 1 unspecified atom stereocenters.